The van der Waals surface area contributed by atoms with E-state index in [-0.39, 0.29) is 24.5 Å². The van der Waals surface area contributed by atoms with E-state index < -0.39 is 17.8 Å². The van der Waals surface area contributed by atoms with Crippen LogP contribution in [-0.4, -0.2) is 23.9 Å². The van der Waals surface area contributed by atoms with Crippen molar-refractivity contribution >= 4 is 23.4 Å². The van der Waals surface area contributed by atoms with Crippen molar-refractivity contribution in [3.8, 4) is 11.5 Å². The van der Waals surface area contributed by atoms with Gasteiger partial charge in [-0.1, -0.05) is 29.5 Å². The maximum atomic E-state index is 13.7. The molecule has 1 unspecified atom stereocenters. The van der Waals surface area contributed by atoms with E-state index in [1.165, 1.54) is 28.0 Å². The summed E-state index contributed by atoms with van der Waals surface area (Å²) in [5.74, 6) is 0.193. The van der Waals surface area contributed by atoms with Gasteiger partial charge in [-0.3, -0.25) is 9.36 Å². The molecule has 1 aromatic heterocycles. The lowest BCUT2D eigenvalue weighted by Gasteiger charge is -2.24. The van der Waals surface area contributed by atoms with Crippen LogP contribution >= 0.6 is 11.3 Å². The molecular weight excluding hydrogens is 447 g/mol. The average Bonchev–Trinajstić information content (AvgIpc) is 3.37. The fraction of sp³-hybridized carbons (Fsp3) is 0.208. The third-order valence-corrected chi connectivity index (χ3v) is 6.36. The maximum Gasteiger partial charge on any atom is 0.338 e. The number of carbonyl (C=O) groups is 1. The fourth-order valence-electron chi connectivity index (χ4n) is 3.94. The van der Waals surface area contributed by atoms with Gasteiger partial charge in [-0.05, 0) is 55.3 Å². The van der Waals surface area contributed by atoms with Crippen LogP contribution in [0.5, 0.6) is 11.5 Å². The van der Waals surface area contributed by atoms with Crippen molar-refractivity contribution in [1.82, 2.24) is 4.57 Å². The second-order valence-corrected chi connectivity index (χ2v) is 8.48. The number of halogens is 1. The minimum absolute atomic E-state index is 0.106. The van der Waals surface area contributed by atoms with E-state index in [9.17, 15) is 14.0 Å². The first-order valence-electron chi connectivity index (χ1n) is 10.3. The van der Waals surface area contributed by atoms with E-state index in [1.54, 1.807) is 50.3 Å². The molecular formula is C24H19FN2O5S. The molecule has 1 atom stereocenters. The quantitative estimate of drug-likeness (QED) is 0.553. The van der Waals surface area contributed by atoms with Gasteiger partial charge in [-0.2, -0.15) is 0 Å². The monoisotopic (exact) mass is 466 g/mol. The molecule has 0 saturated heterocycles. The van der Waals surface area contributed by atoms with Crippen molar-refractivity contribution in [3.63, 3.8) is 0 Å². The fourth-order valence-corrected chi connectivity index (χ4v) is 4.98. The van der Waals surface area contributed by atoms with Gasteiger partial charge in [0, 0.05) is 0 Å². The van der Waals surface area contributed by atoms with Crippen molar-refractivity contribution in [2.45, 2.75) is 19.9 Å². The van der Waals surface area contributed by atoms with Gasteiger partial charge in [-0.15, -0.1) is 0 Å². The minimum atomic E-state index is -0.760. The Morgan fingerprint density at radius 3 is 2.88 bits per heavy atom. The van der Waals surface area contributed by atoms with Crippen molar-refractivity contribution in [2.75, 3.05) is 13.4 Å². The molecule has 5 rings (SSSR count). The number of thiazole rings is 1. The van der Waals surface area contributed by atoms with E-state index in [2.05, 4.69) is 4.99 Å². The summed E-state index contributed by atoms with van der Waals surface area (Å²) >= 11 is 1.18. The zero-order valence-corrected chi connectivity index (χ0v) is 18.6. The molecule has 2 aliphatic heterocycles. The van der Waals surface area contributed by atoms with E-state index in [0.29, 0.717) is 37.7 Å². The molecule has 0 amide bonds. The number of hydrogen-bond donors (Lipinski definition) is 0. The number of carbonyl (C=O) groups excluding carboxylic acids is 1. The van der Waals surface area contributed by atoms with E-state index in [0.717, 1.165) is 0 Å². The SMILES string of the molecule is CCOC(=O)C1=C(C)N=c2s/c(=C\c3cccc(F)c3)c(=O)n2C1c1ccc2c(c1)OCO2. The van der Waals surface area contributed by atoms with Gasteiger partial charge in [0.25, 0.3) is 5.56 Å². The van der Waals surface area contributed by atoms with Gasteiger partial charge in [0.15, 0.2) is 16.3 Å². The number of hydrogen-bond acceptors (Lipinski definition) is 7. The zero-order chi connectivity index (χ0) is 23.1. The summed E-state index contributed by atoms with van der Waals surface area (Å²) in [6, 6.07) is 10.5. The number of esters is 1. The Morgan fingerprint density at radius 1 is 1.27 bits per heavy atom. The summed E-state index contributed by atoms with van der Waals surface area (Å²) in [5.41, 5.74) is 1.63. The highest BCUT2D eigenvalue weighted by Crippen LogP contribution is 2.38. The molecule has 0 spiro atoms. The highest BCUT2D eigenvalue weighted by Gasteiger charge is 2.34. The van der Waals surface area contributed by atoms with Crippen LogP contribution in [-0.2, 0) is 9.53 Å². The minimum Gasteiger partial charge on any atom is -0.463 e. The number of aromatic nitrogens is 1. The van der Waals surface area contributed by atoms with Gasteiger partial charge < -0.3 is 14.2 Å². The molecule has 33 heavy (non-hydrogen) atoms. The molecule has 2 aliphatic rings. The highest BCUT2D eigenvalue weighted by molar-refractivity contribution is 7.07. The summed E-state index contributed by atoms with van der Waals surface area (Å²) in [7, 11) is 0. The first-order chi connectivity index (χ1) is 16.0. The van der Waals surface area contributed by atoms with Crippen LogP contribution in [0.2, 0.25) is 0 Å². The van der Waals surface area contributed by atoms with Gasteiger partial charge >= 0.3 is 5.97 Å². The van der Waals surface area contributed by atoms with E-state index >= 15 is 0 Å². The number of allylic oxidation sites excluding steroid dienone is 1. The summed E-state index contributed by atoms with van der Waals surface area (Å²) < 4.78 is 31.7. The van der Waals surface area contributed by atoms with Gasteiger partial charge in [-0.25, -0.2) is 14.2 Å². The normalized spacial score (nSPS) is 17.1. The van der Waals surface area contributed by atoms with E-state index in [4.69, 9.17) is 14.2 Å². The molecule has 0 radical (unpaired) electrons. The molecule has 0 N–H and O–H groups in total. The number of benzene rings is 2. The lowest BCUT2D eigenvalue weighted by molar-refractivity contribution is -0.139. The third kappa shape index (κ3) is 3.74. The second kappa shape index (κ2) is 8.32. The summed E-state index contributed by atoms with van der Waals surface area (Å²) in [6.07, 6.45) is 1.62. The second-order valence-electron chi connectivity index (χ2n) is 7.47. The predicted octanol–water partition coefficient (Wildman–Crippen LogP) is 2.67. The Kier molecular flexibility index (Phi) is 5.33. The molecule has 7 nitrogen and oxygen atoms in total. The highest BCUT2D eigenvalue weighted by atomic mass is 32.1. The molecule has 0 bridgehead atoms. The van der Waals surface area contributed by atoms with Crippen molar-refractivity contribution < 1.29 is 23.4 Å². The molecule has 9 heteroatoms. The molecule has 0 fully saturated rings. The molecule has 168 valence electrons. The first-order valence-corrected chi connectivity index (χ1v) is 11.1. The first kappa shape index (κ1) is 21.1. The van der Waals surface area contributed by atoms with Gasteiger partial charge in [0.05, 0.1) is 28.5 Å². The Hall–Kier alpha value is -3.72. The van der Waals surface area contributed by atoms with Crippen LogP contribution in [0.15, 0.2) is 63.5 Å². The molecule has 0 aliphatic carbocycles. The summed E-state index contributed by atoms with van der Waals surface area (Å²) in [6.45, 7) is 3.73. The molecule has 3 heterocycles. The van der Waals surface area contributed by atoms with Crippen LogP contribution < -0.4 is 24.4 Å². The van der Waals surface area contributed by atoms with Crippen LogP contribution in [0.3, 0.4) is 0 Å². The predicted molar refractivity (Wildman–Crippen MR) is 119 cm³/mol. The standard InChI is InChI=1S/C24H19FN2O5S/c1-3-30-23(29)20-13(2)26-24-27(21(20)15-7-8-17-18(11-15)32-12-31-17)22(28)19(33-24)10-14-5-4-6-16(25)9-14/h4-11,21H,3,12H2,1-2H3/b19-10-. The number of nitrogens with zero attached hydrogens (tertiary/aromatic N) is 2. The lowest BCUT2D eigenvalue weighted by Crippen LogP contribution is -2.39. The zero-order valence-electron chi connectivity index (χ0n) is 17.8. The Morgan fingerprint density at radius 2 is 2.09 bits per heavy atom. The number of fused-ring (bicyclic) bond motifs is 2. The smallest absolute Gasteiger partial charge is 0.338 e. The maximum absolute atomic E-state index is 13.7. The lowest BCUT2D eigenvalue weighted by atomic mass is 9.95. The van der Waals surface area contributed by atoms with Gasteiger partial charge in [0.2, 0.25) is 6.79 Å². The third-order valence-electron chi connectivity index (χ3n) is 5.38. The van der Waals surface area contributed by atoms with Crippen molar-refractivity contribution in [2.24, 2.45) is 4.99 Å². The number of rotatable bonds is 4. The van der Waals surface area contributed by atoms with Gasteiger partial charge in [0.1, 0.15) is 5.82 Å². The van der Waals surface area contributed by atoms with Crippen LogP contribution in [0.1, 0.15) is 31.0 Å². The number of ether oxygens (including phenoxy) is 3. The topological polar surface area (TPSA) is 79.1 Å². The molecule has 2 aromatic carbocycles. The average molecular weight is 466 g/mol. The van der Waals surface area contributed by atoms with Crippen LogP contribution in [0.4, 0.5) is 4.39 Å². The van der Waals surface area contributed by atoms with Crippen LogP contribution in [0.25, 0.3) is 6.08 Å². The largest absolute Gasteiger partial charge is 0.463 e. The Balaban J connectivity index is 1.73. The van der Waals surface area contributed by atoms with Crippen LogP contribution in [0, 0.1) is 5.82 Å². The molecule has 3 aromatic rings. The summed E-state index contributed by atoms with van der Waals surface area (Å²) in [4.78, 5) is 31.4. The van der Waals surface area contributed by atoms with E-state index in [1.807, 2.05) is 0 Å². The Bertz CT molecular complexity index is 1490. The summed E-state index contributed by atoms with van der Waals surface area (Å²) in [5, 5.41) is 0. The van der Waals surface area contributed by atoms with Crippen molar-refractivity contribution in [1.29, 1.82) is 0 Å². The Labute approximate surface area is 191 Å². The molecule has 0 saturated carbocycles. The van der Waals surface area contributed by atoms with Crippen molar-refractivity contribution in [3.05, 3.63) is 90.4 Å².